The number of aliphatic hydroxyl groups is 2. The van der Waals surface area contributed by atoms with Crippen molar-refractivity contribution in [3.8, 4) is 0 Å². The van der Waals surface area contributed by atoms with Gasteiger partial charge in [0.25, 0.3) is 0 Å². The van der Waals surface area contributed by atoms with Crippen molar-refractivity contribution in [3.05, 3.63) is 35.9 Å². The largest absolute Gasteiger partial charge is 0.466 e. The molecule has 2 unspecified atom stereocenters. The third kappa shape index (κ3) is 5.38. The minimum atomic E-state index is -1.17. The third-order valence-corrected chi connectivity index (χ3v) is 2.65. The average molecular weight is 268 g/mol. The van der Waals surface area contributed by atoms with Crippen molar-refractivity contribution >= 4 is 5.97 Å². The SMILES string of the molecule is CCOC(=O)C(COCc1ccccc1)C(O)CO. The normalized spacial score (nSPS) is 13.8. The molecule has 19 heavy (non-hydrogen) atoms. The van der Waals surface area contributed by atoms with Crippen LogP contribution < -0.4 is 0 Å². The van der Waals surface area contributed by atoms with Gasteiger partial charge in [-0.2, -0.15) is 0 Å². The summed E-state index contributed by atoms with van der Waals surface area (Å²) in [5.74, 6) is -1.43. The van der Waals surface area contributed by atoms with E-state index in [2.05, 4.69) is 0 Å². The van der Waals surface area contributed by atoms with E-state index < -0.39 is 24.6 Å². The fourth-order valence-electron chi connectivity index (χ4n) is 1.59. The summed E-state index contributed by atoms with van der Waals surface area (Å²) in [5, 5.41) is 18.5. The second kappa shape index (κ2) is 8.63. The molecule has 2 atom stereocenters. The molecule has 0 aliphatic rings. The number of hydrogen-bond donors (Lipinski definition) is 2. The first kappa shape index (κ1) is 15.6. The highest BCUT2D eigenvalue weighted by Crippen LogP contribution is 2.09. The predicted molar refractivity (Wildman–Crippen MR) is 69.3 cm³/mol. The summed E-state index contributed by atoms with van der Waals surface area (Å²) in [6, 6.07) is 9.50. The van der Waals surface area contributed by atoms with Gasteiger partial charge in [-0.1, -0.05) is 30.3 Å². The summed E-state index contributed by atoms with van der Waals surface area (Å²) in [6.07, 6.45) is -1.17. The molecule has 0 saturated heterocycles. The van der Waals surface area contributed by atoms with Crippen LogP contribution in [0.25, 0.3) is 0 Å². The van der Waals surface area contributed by atoms with Crippen LogP contribution in [0, 0.1) is 5.92 Å². The first-order valence-corrected chi connectivity index (χ1v) is 6.26. The van der Waals surface area contributed by atoms with E-state index in [-0.39, 0.29) is 13.2 Å². The van der Waals surface area contributed by atoms with E-state index in [0.29, 0.717) is 6.61 Å². The zero-order chi connectivity index (χ0) is 14.1. The predicted octanol–water partition coefficient (Wildman–Crippen LogP) is 0.736. The number of carbonyl (C=O) groups excluding carboxylic acids is 1. The number of rotatable bonds is 8. The highest BCUT2D eigenvalue weighted by atomic mass is 16.5. The second-order valence-corrected chi connectivity index (χ2v) is 4.11. The molecule has 0 spiro atoms. The number of esters is 1. The molecule has 0 heterocycles. The third-order valence-electron chi connectivity index (χ3n) is 2.65. The number of aliphatic hydroxyl groups excluding tert-OH is 2. The van der Waals surface area contributed by atoms with Gasteiger partial charge in [0, 0.05) is 0 Å². The van der Waals surface area contributed by atoms with Crippen molar-refractivity contribution in [2.24, 2.45) is 5.92 Å². The molecule has 1 aromatic rings. The van der Waals surface area contributed by atoms with Crippen LogP contribution in [-0.4, -0.2) is 42.1 Å². The smallest absolute Gasteiger partial charge is 0.314 e. The van der Waals surface area contributed by atoms with Crippen molar-refractivity contribution in [1.29, 1.82) is 0 Å². The Kier molecular flexibility index (Phi) is 7.10. The Balaban J connectivity index is 2.46. The van der Waals surface area contributed by atoms with Crippen molar-refractivity contribution in [3.63, 3.8) is 0 Å². The van der Waals surface area contributed by atoms with Crippen molar-refractivity contribution < 1.29 is 24.5 Å². The Labute approximate surface area is 112 Å². The van der Waals surface area contributed by atoms with Gasteiger partial charge < -0.3 is 19.7 Å². The maximum absolute atomic E-state index is 11.6. The summed E-state index contributed by atoms with van der Waals surface area (Å²) in [5.41, 5.74) is 0.976. The van der Waals surface area contributed by atoms with E-state index in [0.717, 1.165) is 5.56 Å². The van der Waals surface area contributed by atoms with Crippen LogP contribution in [0.15, 0.2) is 30.3 Å². The minimum Gasteiger partial charge on any atom is -0.466 e. The van der Waals surface area contributed by atoms with Gasteiger partial charge in [0.05, 0.1) is 32.5 Å². The number of hydrogen-bond acceptors (Lipinski definition) is 5. The van der Waals surface area contributed by atoms with Crippen LogP contribution in [-0.2, 0) is 20.9 Å². The monoisotopic (exact) mass is 268 g/mol. The summed E-state index contributed by atoms with van der Waals surface area (Å²) in [6.45, 7) is 1.76. The molecule has 1 aromatic carbocycles. The molecule has 0 aliphatic heterocycles. The molecule has 5 nitrogen and oxygen atoms in total. The van der Waals surface area contributed by atoms with E-state index in [1.165, 1.54) is 0 Å². The average Bonchev–Trinajstić information content (AvgIpc) is 2.44. The topological polar surface area (TPSA) is 76.0 Å². The summed E-state index contributed by atoms with van der Waals surface area (Å²) >= 11 is 0. The minimum absolute atomic E-state index is 0.00938. The van der Waals surface area contributed by atoms with Crippen molar-refractivity contribution in [1.82, 2.24) is 0 Å². The molecule has 0 saturated carbocycles. The summed E-state index contributed by atoms with van der Waals surface area (Å²) in [4.78, 5) is 11.6. The molecule has 2 N–H and O–H groups in total. The van der Waals surface area contributed by atoms with Gasteiger partial charge in [0.15, 0.2) is 0 Å². The first-order chi connectivity index (χ1) is 9.19. The molecular formula is C14H20O5. The molecule has 0 fully saturated rings. The molecular weight excluding hydrogens is 248 g/mol. The molecule has 0 amide bonds. The van der Waals surface area contributed by atoms with Crippen molar-refractivity contribution in [2.45, 2.75) is 19.6 Å². The van der Waals surface area contributed by atoms with Gasteiger partial charge in [-0.05, 0) is 12.5 Å². The zero-order valence-electron chi connectivity index (χ0n) is 11.0. The highest BCUT2D eigenvalue weighted by Gasteiger charge is 2.27. The molecule has 0 bridgehead atoms. The number of carbonyl (C=O) groups is 1. The quantitative estimate of drug-likeness (QED) is 0.680. The fourth-order valence-corrected chi connectivity index (χ4v) is 1.59. The van der Waals surface area contributed by atoms with Crippen LogP contribution in [0.3, 0.4) is 0 Å². The van der Waals surface area contributed by atoms with Gasteiger partial charge in [-0.15, -0.1) is 0 Å². The van der Waals surface area contributed by atoms with E-state index >= 15 is 0 Å². The lowest BCUT2D eigenvalue weighted by molar-refractivity contribution is -0.156. The molecule has 0 aliphatic carbocycles. The van der Waals surface area contributed by atoms with E-state index in [4.69, 9.17) is 14.6 Å². The van der Waals surface area contributed by atoms with E-state index in [1.54, 1.807) is 6.92 Å². The Hall–Kier alpha value is -1.43. The summed E-state index contributed by atoms with van der Waals surface area (Å²) in [7, 11) is 0. The van der Waals surface area contributed by atoms with Crippen LogP contribution in [0.4, 0.5) is 0 Å². The van der Waals surface area contributed by atoms with E-state index in [1.807, 2.05) is 30.3 Å². The molecule has 5 heteroatoms. The van der Waals surface area contributed by atoms with Crippen molar-refractivity contribution in [2.75, 3.05) is 19.8 Å². The fraction of sp³-hybridized carbons (Fsp3) is 0.500. The van der Waals surface area contributed by atoms with E-state index in [9.17, 15) is 9.90 Å². The highest BCUT2D eigenvalue weighted by molar-refractivity contribution is 5.73. The molecule has 1 rings (SSSR count). The van der Waals surface area contributed by atoms with Gasteiger partial charge >= 0.3 is 5.97 Å². The molecule has 106 valence electrons. The Morgan fingerprint density at radius 2 is 2.00 bits per heavy atom. The lowest BCUT2D eigenvalue weighted by Crippen LogP contribution is -2.36. The molecule has 0 radical (unpaired) electrons. The number of benzene rings is 1. The van der Waals surface area contributed by atoms with Crippen LogP contribution in [0.5, 0.6) is 0 Å². The maximum Gasteiger partial charge on any atom is 0.314 e. The lowest BCUT2D eigenvalue weighted by atomic mass is 10.0. The Bertz CT molecular complexity index is 365. The lowest BCUT2D eigenvalue weighted by Gasteiger charge is -2.19. The van der Waals surface area contributed by atoms with Gasteiger partial charge in [0.2, 0.25) is 0 Å². The van der Waals surface area contributed by atoms with Crippen LogP contribution >= 0.6 is 0 Å². The maximum atomic E-state index is 11.6. The summed E-state index contributed by atoms with van der Waals surface area (Å²) < 4.78 is 10.2. The van der Waals surface area contributed by atoms with Gasteiger partial charge in [0.1, 0.15) is 5.92 Å². The second-order valence-electron chi connectivity index (χ2n) is 4.11. The zero-order valence-corrected chi connectivity index (χ0v) is 11.0. The standard InChI is InChI=1S/C14H20O5/c1-2-19-14(17)12(13(16)8-15)10-18-9-11-6-4-3-5-7-11/h3-7,12-13,15-16H,2,8-10H2,1H3. The van der Waals surface area contributed by atoms with Gasteiger partial charge in [-0.3, -0.25) is 4.79 Å². The van der Waals surface area contributed by atoms with Gasteiger partial charge in [-0.25, -0.2) is 0 Å². The molecule has 0 aromatic heterocycles. The van der Waals surface area contributed by atoms with Crippen LogP contribution in [0.1, 0.15) is 12.5 Å². The Morgan fingerprint density at radius 3 is 2.58 bits per heavy atom. The Morgan fingerprint density at radius 1 is 1.32 bits per heavy atom. The van der Waals surface area contributed by atoms with Crippen LogP contribution in [0.2, 0.25) is 0 Å². The first-order valence-electron chi connectivity index (χ1n) is 6.26. The number of ether oxygens (including phenoxy) is 2.